The molecule has 0 aromatic heterocycles. The number of carbonyl (C=O) groups is 2. The van der Waals surface area contributed by atoms with E-state index in [0.717, 1.165) is 0 Å². The molecule has 0 aliphatic carbocycles. The third-order valence-electron chi connectivity index (χ3n) is 2.95. The molecule has 0 radical (unpaired) electrons. The van der Waals surface area contributed by atoms with E-state index in [1.165, 1.54) is 32.2 Å². The molecule has 0 aliphatic heterocycles. The summed E-state index contributed by atoms with van der Waals surface area (Å²) in [6, 6.07) is 3.78. The van der Waals surface area contributed by atoms with Crippen molar-refractivity contribution >= 4 is 18.1 Å². The zero-order valence-corrected chi connectivity index (χ0v) is 13.7. The van der Waals surface area contributed by atoms with Crippen molar-refractivity contribution in [2.24, 2.45) is 0 Å². The minimum absolute atomic E-state index is 0.116. The summed E-state index contributed by atoms with van der Waals surface area (Å²) in [5.74, 6) is 0.116. The summed E-state index contributed by atoms with van der Waals surface area (Å²) in [6.07, 6.45) is -0.270. The fourth-order valence-electron chi connectivity index (χ4n) is 1.90. The molecule has 0 spiro atoms. The number of non-ortho nitro benzene ring substituents is 1. The average molecular weight is 324 g/mol. The molecule has 1 rings (SSSR count). The first-order valence-electron chi connectivity index (χ1n) is 6.83. The Labute approximate surface area is 133 Å². The van der Waals surface area contributed by atoms with Crippen LogP contribution in [0, 0.1) is 10.1 Å². The van der Waals surface area contributed by atoms with Gasteiger partial charge in [0.15, 0.2) is 0 Å². The Bertz CT molecular complexity index is 623. The van der Waals surface area contributed by atoms with E-state index in [-0.39, 0.29) is 17.0 Å². The molecule has 126 valence electrons. The lowest BCUT2D eigenvalue weighted by Gasteiger charge is -2.28. The maximum atomic E-state index is 11.9. The number of alkyl carbamates (subject to hydrolysis) is 1. The van der Waals surface area contributed by atoms with E-state index >= 15 is 0 Å². The summed E-state index contributed by atoms with van der Waals surface area (Å²) in [5.41, 5.74) is -2.08. The van der Waals surface area contributed by atoms with Crippen LogP contribution >= 0.6 is 0 Å². The molecule has 0 fully saturated rings. The Morgan fingerprint density at radius 3 is 2.35 bits per heavy atom. The standard InChI is InChI=1S/C15H20N2O6/c1-14(2,3)23-13(19)16-15(4,9-18)11-7-6-10(17(20)21)8-12(11)22-5/h6-9H,1-5H3,(H,16,19). The number of hydrogen-bond donors (Lipinski definition) is 1. The number of amides is 1. The van der Waals surface area contributed by atoms with Crippen LogP contribution in [-0.4, -0.2) is 30.0 Å². The number of benzene rings is 1. The molecule has 0 aliphatic rings. The van der Waals surface area contributed by atoms with Crippen LogP contribution in [0.2, 0.25) is 0 Å². The van der Waals surface area contributed by atoms with Gasteiger partial charge in [0.25, 0.3) is 5.69 Å². The normalized spacial score (nSPS) is 13.6. The van der Waals surface area contributed by atoms with E-state index in [1.807, 2.05) is 0 Å². The maximum Gasteiger partial charge on any atom is 0.408 e. The number of aldehydes is 1. The number of hydrogen-bond acceptors (Lipinski definition) is 6. The number of nitrogens with one attached hydrogen (secondary N) is 1. The van der Waals surface area contributed by atoms with Gasteiger partial charge in [-0.25, -0.2) is 4.79 Å². The largest absolute Gasteiger partial charge is 0.496 e. The van der Waals surface area contributed by atoms with Crippen molar-refractivity contribution in [3.8, 4) is 5.75 Å². The second-order valence-corrected chi connectivity index (χ2v) is 6.09. The molecule has 1 N–H and O–H groups in total. The van der Waals surface area contributed by atoms with Crippen molar-refractivity contribution in [3.63, 3.8) is 0 Å². The SMILES string of the molecule is COc1cc([N+](=O)[O-])ccc1C(C)(C=O)NC(=O)OC(C)(C)C. The summed E-state index contributed by atoms with van der Waals surface area (Å²) in [4.78, 5) is 33.7. The highest BCUT2D eigenvalue weighted by Gasteiger charge is 2.34. The quantitative estimate of drug-likeness (QED) is 0.506. The van der Waals surface area contributed by atoms with Gasteiger partial charge >= 0.3 is 6.09 Å². The molecule has 23 heavy (non-hydrogen) atoms. The van der Waals surface area contributed by atoms with Crippen LogP contribution < -0.4 is 10.1 Å². The van der Waals surface area contributed by atoms with E-state index in [9.17, 15) is 19.7 Å². The minimum atomic E-state index is -1.46. The zero-order valence-electron chi connectivity index (χ0n) is 13.7. The van der Waals surface area contributed by atoms with Gasteiger partial charge in [-0.3, -0.25) is 10.1 Å². The second-order valence-electron chi connectivity index (χ2n) is 6.09. The molecule has 1 atom stereocenters. The highest BCUT2D eigenvalue weighted by Crippen LogP contribution is 2.32. The van der Waals surface area contributed by atoms with Gasteiger partial charge in [-0.05, 0) is 33.8 Å². The molecule has 1 unspecified atom stereocenters. The van der Waals surface area contributed by atoms with E-state index in [2.05, 4.69) is 5.32 Å². The first-order valence-corrected chi connectivity index (χ1v) is 6.83. The Morgan fingerprint density at radius 2 is 1.91 bits per heavy atom. The van der Waals surface area contributed by atoms with Crippen molar-refractivity contribution in [2.45, 2.75) is 38.8 Å². The van der Waals surface area contributed by atoms with Gasteiger partial charge < -0.3 is 19.6 Å². The molecular formula is C15H20N2O6. The van der Waals surface area contributed by atoms with Crippen LogP contribution in [-0.2, 0) is 15.1 Å². The van der Waals surface area contributed by atoms with Crippen molar-refractivity contribution in [1.29, 1.82) is 0 Å². The van der Waals surface area contributed by atoms with Crippen LogP contribution in [0.4, 0.5) is 10.5 Å². The summed E-state index contributed by atoms with van der Waals surface area (Å²) in [5, 5.41) is 13.3. The van der Waals surface area contributed by atoms with Gasteiger partial charge in [0.2, 0.25) is 0 Å². The molecule has 1 aromatic carbocycles. The van der Waals surface area contributed by atoms with Crippen LogP contribution in [0.1, 0.15) is 33.3 Å². The molecule has 0 bridgehead atoms. The summed E-state index contributed by atoms with van der Waals surface area (Å²) >= 11 is 0. The maximum absolute atomic E-state index is 11.9. The lowest BCUT2D eigenvalue weighted by molar-refractivity contribution is -0.384. The highest BCUT2D eigenvalue weighted by atomic mass is 16.6. The number of ether oxygens (including phenoxy) is 2. The fraction of sp³-hybridized carbons (Fsp3) is 0.467. The molecule has 0 heterocycles. The Kier molecular flexibility index (Phi) is 5.31. The predicted molar refractivity (Wildman–Crippen MR) is 82.4 cm³/mol. The average Bonchev–Trinajstić information content (AvgIpc) is 2.44. The molecule has 0 saturated heterocycles. The zero-order chi connectivity index (χ0) is 17.8. The van der Waals surface area contributed by atoms with E-state index in [4.69, 9.17) is 9.47 Å². The number of methoxy groups -OCH3 is 1. The molecular weight excluding hydrogens is 304 g/mol. The molecule has 1 aromatic rings. The number of carbonyl (C=O) groups excluding carboxylic acids is 2. The summed E-state index contributed by atoms with van der Waals surface area (Å²) in [6.45, 7) is 6.53. The lowest BCUT2D eigenvalue weighted by Crippen LogP contribution is -2.47. The first kappa shape index (κ1) is 18.4. The first-order chi connectivity index (χ1) is 10.5. The smallest absolute Gasteiger partial charge is 0.408 e. The van der Waals surface area contributed by atoms with E-state index in [1.54, 1.807) is 20.8 Å². The van der Waals surface area contributed by atoms with Crippen LogP contribution in [0.5, 0.6) is 5.75 Å². The van der Waals surface area contributed by atoms with Crippen molar-refractivity contribution < 1.29 is 24.0 Å². The number of nitrogens with zero attached hydrogens (tertiary/aromatic N) is 1. The van der Waals surface area contributed by atoms with Crippen molar-refractivity contribution in [1.82, 2.24) is 5.32 Å². The second kappa shape index (κ2) is 6.64. The van der Waals surface area contributed by atoms with Crippen LogP contribution in [0.15, 0.2) is 18.2 Å². The molecule has 8 heteroatoms. The monoisotopic (exact) mass is 324 g/mol. The lowest BCUT2D eigenvalue weighted by atomic mass is 9.92. The highest BCUT2D eigenvalue weighted by molar-refractivity contribution is 5.79. The van der Waals surface area contributed by atoms with Crippen molar-refractivity contribution in [3.05, 3.63) is 33.9 Å². The van der Waals surface area contributed by atoms with Crippen LogP contribution in [0.25, 0.3) is 0 Å². The van der Waals surface area contributed by atoms with Crippen LogP contribution in [0.3, 0.4) is 0 Å². The topological polar surface area (TPSA) is 108 Å². The third kappa shape index (κ3) is 4.67. The number of rotatable bonds is 5. The third-order valence-corrected chi connectivity index (χ3v) is 2.95. The number of nitro groups is 1. The van der Waals surface area contributed by atoms with Gasteiger partial charge in [-0.15, -0.1) is 0 Å². The van der Waals surface area contributed by atoms with Gasteiger partial charge in [0, 0.05) is 11.6 Å². The molecule has 0 saturated carbocycles. The Hall–Kier alpha value is -2.64. The summed E-state index contributed by atoms with van der Waals surface area (Å²) in [7, 11) is 1.32. The van der Waals surface area contributed by atoms with Gasteiger partial charge in [-0.2, -0.15) is 0 Å². The Balaban J connectivity index is 3.20. The van der Waals surface area contributed by atoms with Crippen molar-refractivity contribution in [2.75, 3.05) is 7.11 Å². The van der Waals surface area contributed by atoms with Gasteiger partial charge in [-0.1, -0.05) is 0 Å². The van der Waals surface area contributed by atoms with E-state index in [0.29, 0.717) is 6.29 Å². The summed E-state index contributed by atoms with van der Waals surface area (Å²) < 4.78 is 10.2. The molecule has 1 amide bonds. The fourth-order valence-corrected chi connectivity index (χ4v) is 1.90. The molecule has 8 nitrogen and oxygen atoms in total. The minimum Gasteiger partial charge on any atom is -0.496 e. The number of nitro benzene ring substituents is 1. The van der Waals surface area contributed by atoms with E-state index < -0.39 is 22.2 Å². The Morgan fingerprint density at radius 1 is 1.30 bits per heavy atom. The van der Waals surface area contributed by atoms with Gasteiger partial charge in [0.1, 0.15) is 23.2 Å². The predicted octanol–water partition coefficient (Wildman–Crippen LogP) is 2.54. The van der Waals surface area contributed by atoms with Gasteiger partial charge in [0.05, 0.1) is 18.1 Å².